The van der Waals surface area contributed by atoms with Gasteiger partial charge in [-0.2, -0.15) is 0 Å². The quantitative estimate of drug-likeness (QED) is 0.721. The minimum Gasteiger partial charge on any atom is -0.306 e. The van der Waals surface area contributed by atoms with Gasteiger partial charge in [0.15, 0.2) is 0 Å². The molecule has 1 atom stereocenters. The average Bonchev–Trinajstić information content (AvgIpc) is 2.53. The Bertz CT molecular complexity index is 746. The summed E-state index contributed by atoms with van der Waals surface area (Å²) in [5, 5.41) is 5.88. The van der Waals surface area contributed by atoms with Gasteiger partial charge in [-0.05, 0) is 29.3 Å². The fourth-order valence-corrected chi connectivity index (χ4v) is 2.64. The smallest absolute Gasteiger partial charge is 0.127 e. The van der Waals surface area contributed by atoms with Gasteiger partial charge in [0.2, 0.25) is 0 Å². The molecule has 0 heterocycles. The van der Waals surface area contributed by atoms with Crippen LogP contribution in [0.4, 0.5) is 4.39 Å². The summed E-state index contributed by atoms with van der Waals surface area (Å²) in [6.07, 6.45) is 0. The first-order valence-corrected chi connectivity index (χ1v) is 7.20. The van der Waals surface area contributed by atoms with Crippen molar-refractivity contribution in [1.82, 2.24) is 5.32 Å². The van der Waals surface area contributed by atoms with Crippen molar-refractivity contribution >= 4 is 10.8 Å². The van der Waals surface area contributed by atoms with E-state index in [4.69, 9.17) is 0 Å². The number of nitrogens with one attached hydrogen (secondary N) is 1. The van der Waals surface area contributed by atoms with E-state index in [1.165, 1.54) is 22.4 Å². The van der Waals surface area contributed by atoms with Gasteiger partial charge in [-0.25, -0.2) is 4.39 Å². The molecule has 0 fully saturated rings. The third kappa shape index (κ3) is 2.96. The van der Waals surface area contributed by atoms with Gasteiger partial charge in [0.05, 0.1) is 0 Å². The zero-order valence-corrected chi connectivity index (χ0v) is 12.0. The maximum absolute atomic E-state index is 13.7. The fraction of sp³-hybridized carbons (Fsp3) is 0.158. The molecule has 0 aliphatic heterocycles. The van der Waals surface area contributed by atoms with E-state index in [9.17, 15) is 4.39 Å². The van der Waals surface area contributed by atoms with E-state index >= 15 is 0 Å². The van der Waals surface area contributed by atoms with Gasteiger partial charge >= 0.3 is 0 Å². The molecule has 3 aromatic rings. The molecule has 106 valence electrons. The maximum atomic E-state index is 13.7. The number of fused-ring (bicyclic) bond motifs is 1. The van der Waals surface area contributed by atoms with E-state index in [-0.39, 0.29) is 11.9 Å². The van der Waals surface area contributed by atoms with Crippen molar-refractivity contribution in [2.24, 2.45) is 0 Å². The molecule has 1 unspecified atom stereocenters. The predicted octanol–water partition coefficient (Wildman–Crippen LogP) is 4.83. The molecule has 1 nitrogen and oxygen atoms in total. The van der Waals surface area contributed by atoms with Gasteiger partial charge in [0.25, 0.3) is 0 Å². The van der Waals surface area contributed by atoms with E-state index in [0.717, 1.165) is 0 Å². The van der Waals surface area contributed by atoms with Crippen LogP contribution in [-0.4, -0.2) is 0 Å². The van der Waals surface area contributed by atoms with Crippen LogP contribution in [0.1, 0.15) is 24.1 Å². The second kappa shape index (κ2) is 6.06. The van der Waals surface area contributed by atoms with Crippen LogP contribution in [0.2, 0.25) is 0 Å². The Morgan fingerprint density at radius 3 is 2.48 bits per heavy atom. The predicted molar refractivity (Wildman–Crippen MR) is 85.6 cm³/mol. The van der Waals surface area contributed by atoms with E-state index in [2.05, 4.69) is 48.6 Å². The molecule has 0 saturated heterocycles. The highest BCUT2D eigenvalue weighted by Gasteiger charge is 2.09. The van der Waals surface area contributed by atoms with Crippen molar-refractivity contribution in [3.05, 3.63) is 83.7 Å². The number of hydrogen-bond donors (Lipinski definition) is 1. The van der Waals surface area contributed by atoms with Gasteiger partial charge in [0, 0.05) is 18.2 Å². The summed E-state index contributed by atoms with van der Waals surface area (Å²) in [4.78, 5) is 0. The average molecular weight is 279 g/mol. The highest BCUT2D eigenvalue weighted by molar-refractivity contribution is 5.86. The zero-order valence-electron chi connectivity index (χ0n) is 12.0. The van der Waals surface area contributed by atoms with Crippen LogP contribution >= 0.6 is 0 Å². The maximum Gasteiger partial charge on any atom is 0.127 e. The van der Waals surface area contributed by atoms with Crippen LogP contribution in [0.3, 0.4) is 0 Å². The van der Waals surface area contributed by atoms with Gasteiger partial charge in [-0.1, -0.05) is 60.7 Å². The molecule has 3 aromatic carbocycles. The van der Waals surface area contributed by atoms with E-state index in [1.54, 1.807) is 6.07 Å². The lowest BCUT2D eigenvalue weighted by Crippen LogP contribution is -2.19. The number of benzene rings is 3. The Labute approximate surface area is 124 Å². The highest BCUT2D eigenvalue weighted by Crippen LogP contribution is 2.24. The molecule has 0 aliphatic carbocycles. The first-order chi connectivity index (χ1) is 10.3. The van der Waals surface area contributed by atoms with Crippen molar-refractivity contribution in [1.29, 1.82) is 0 Å². The second-order valence-corrected chi connectivity index (χ2v) is 5.26. The summed E-state index contributed by atoms with van der Waals surface area (Å²) in [7, 11) is 0. The summed E-state index contributed by atoms with van der Waals surface area (Å²) < 4.78 is 13.7. The standard InChI is InChI=1S/C19H18FN/c1-14(21-13-16-8-3-5-12-19(16)20)17-11-6-9-15-7-2-4-10-18(15)17/h2-12,14,21H,13H2,1H3. The van der Waals surface area contributed by atoms with E-state index in [1.807, 2.05) is 18.2 Å². The summed E-state index contributed by atoms with van der Waals surface area (Å²) in [5.74, 6) is -0.157. The fourth-order valence-electron chi connectivity index (χ4n) is 2.64. The van der Waals surface area contributed by atoms with E-state index in [0.29, 0.717) is 12.1 Å². The summed E-state index contributed by atoms with van der Waals surface area (Å²) in [6, 6.07) is 21.7. The Balaban J connectivity index is 1.81. The minimum absolute atomic E-state index is 0.157. The second-order valence-electron chi connectivity index (χ2n) is 5.26. The first kappa shape index (κ1) is 13.8. The van der Waals surface area contributed by atoms with Crippen LogP contribution in [-0.2, 0) is 6.54 Å². The van der Waals surface area contributed by atoms with Crippen molar-refractivity contribution < 1.29 is 4.39 Å². The largest absolute Gasteiger partial charge is 0.306 e. The van der Waals surface area contributed by atoms with Crippen LogP contribution in [0.25, 0.3) is 10.8 Å². The van der Waals surface area contributed by atoms with Gasteiger partial charge in [-0.15, -0.1) is 0 Å². The lowest BCUT2D eigenvalue weighted by Gasteiger charge is -2.17. The monoisotopic (exact) mass is 279 g/mol. The molecule has 2 heteroatoms. The molecule has 21 heavy (non-hydrogen) atoms. The normalized spacial score (nSPS) is 12.5. The summed E-state index contributed by atoms with van der Waals surface area (Å²) >= 11 is 0. The number of halogens is 1. The number of rotatable bonds is 4. The minimum atomic E-state index is -0.157. The lowest BCUT2D eigenvalue weighted by atomic mass is 9.99. The molecular formula is C19H18FN. The van der Waals surface area contributed by atoms with Crippen LogP contribution in [0.5, 0.6) is 0 Å². The summed E-state index contributed by atoms with van der Waals surface area (Å²) in [5.41, 5.74) is 1.94. The van der Waals surface area contributed by atoms with Crippen LogP contribution < -0.4 is 5.32 Å². The Morgan fingerprint density at radius 1 is 0.905 bits per heavy atom. The third-order valence-corrected chi connectivity index (χ3v) is 3.85. The lowest BCUT2D eigenvalue weighted by molar-refractivity contribution is 0.546. The third-order valence-electron chi connectivity index (χ3n) is 3.85. The Hall–Kier alpha value is -2.19. The highest BCUT2D eigenvalue weighted by atomic mass is 19.1. The molecular weight excluding hydrogens is 261 g/mol. The molecule has 0 aliphatic rings. The molecule has 1 N–H and O–H groups in total. The van der Waals surface area contributed by atoms with Crippen molar-refractivity contribution in [2.75, 3.05) is 0 Å². The van der Waals surface area contributed by atoms with Crippen molar-refractivity contribution in [2.45, 2.75) is 19.5 Å². The van der Waals surface area contributed by atoms with Crippen LogP contribution in [0, 0.1) is 5.82 Å². The van der Waals surface area contributed by atoms with Gasteiger partial charge in [-0.3, -0.25) is 0 Å². The first-order valence-electron chi connectivity index (χ1n) is 7.20. The molecule has 0 saturated carbocycles. The molecule has 0 aromatic heterocycles. The Kier molecular flexibility index (Phi) is 3.98. The Morgan fingerprint density at radius 2 is 1.62 bits per heavy atom. The van der Waals surface area contributed by atoms with E-state index < -0.39 is 0 Å². The van der Waals surface area contributed by atoms with Crippen LogP contribution in [0.15, 0.2) is 66.7 Å². The molecule has 0 radical (unpaired) electrons. The molecule has 3 rings (SSSR count). The molecule has 0 spiro atoms. The topological polar surface area (TPSA) is 12.0 Å². The van der Waals surface area contributed by atoms with Crippen molar-refractivity contribution in [3.8, 4) is 0 Å². The molecule has 0 bridgehead atoms. The van der Waals surface area contributed by atoms with Gasteiger partial charge in [0.1, 0.15) is 5.82 Å². The molecule has 0 amide bonds. The number of hydrogen-bond acceptors (Lipinski definition) is 1. The van der Waals surface area contributed by atoms with Crippen molar-refractivity contribution in [3.63, 3.8) is 0 Å². The SMILES string of the molecule is CC(NCc1ccccc1F)c1cccc2ccccc12. The zero-order chi connectivity index (χ0) is 14.7. The van der Waals surface area contributed by atoms with Gasteiger partial charge < -0.3 is 5.32 Å². The summed E-state index contributed by atoms with van der Waals surface area (Å²) in [6.45, 7) is 2.64.